The number of aromatic nitrogens is 2. The fourth-order valence-corrected chi connectivity index (χ4v) is 2.55. The standard InChI is InChI=1S/C19H28N4O5.ClH/c1-5-27-6-7-28-12-22-19-21-11-14(18(20)23-19)8-13-9-15(24-2)17(26-4)16(10-13)25-3;/h9-11H,5-8,12H2,1-4H3,(H3,20,21,22,23);1H. The van der Waals surface area contributed by atoms with Crippen LogP contribution in [0.3, 0.4) is 0 Å². The quantitative estimate of drug-likeness (QED) is 0.389. The number of nitrogens with one attached hydrogen (secondary N) is 1. The number of rotatable bonds is 12. The molecule has 0 aliphatic carbocycles. The molecule has 0 saturated heterocycles. The van der Waals surface area contributed by atoms with Gasteiger partial charge in [0.1, 0.15) is 12.5 Å². The molecule has 1 aromatic carbocycles. The van der Waals surface area contributed by atoms with Crippen LogP contribution in [0.15, 0.2) is 18.3 Å². The topological polar surface area (TPSA) is 110 Å². The van der Waals surface area contributed by atoms with Crippen LogP contribution in [0.25, 0.3) is 0 Å². The van der Waals surface area contributed by atoms with Gasteiger partial charge in [0.15, 0.2) is 11.5 Å². The first-order valence-electron chi connectivity index (χ1n) is 8.92. The highest BCUT2D eigenvalue weighted by Crippen LogP contribution is 2.38. The molecule has 0 aliphatic rings. The van der Waals surface area contributed by atoms with Gasteiger partial charge in [0.2, 0.25) is 11.7 Å². The Bertz CT molecular complexity index is 738. The summed E-state index contributed by atoms with van der Waals surface area (Å²) in [5, 5.41) is 2.97. The maximum Gasteiger partial charge on any atom is 0.226 e. The van der Waals surface area contributed by atoms with Crippen molar-refractivity contribution in [2.24, 2.45) is 0 Å². The summed E-state index contributed by atoms with van der Waals surface area (Å²) in [4.78, 5) is 8.57. The van der Waals surface area contributed by atoms with Crippen molar-refractivity contribution in [1.82, 2.24) is 9.97 Å². The molecule has 10 heteroatoms. The van der Waals surface area contributed by atoms with E-state index >= 15 is 0 Å². The number of anilines is 2. The second-order valence-corrected chi connectivity index (χ2v) is 5.74. The van der Waals surface area contributed by atoms with Crippen molar-refractivity contribution in [3.63, 3.8) is 0 Å². The van der Waals surface area contributed by atoms with E-state index in [1.165, 1.54) is 0 Å². The van der Waals surface area contributed by atoms with Gasteiger partial charge in [-0.15, -0.1) is 12.4 Å². The van der Waals surface area contributed by atoms with Gasteiger partial charge in [-0.1, -0.05) is 0 Å². The molecule has 0 spiro atoms. The minimum Gasteiger partial charge on any atom is -0.493 e. The van der Waals surface area contributed by atoms with E-state index in [-0.39, 0.29) is 19.1 Å². The number of hydrogen-bond acceptors (Lipinski definition) is 9. The van der Waals surface area contributed by atoms with Gasteiger partial charge in [0, 0.05) is 24.8 Å². The van der Waals surface area contributed by atoms with Crippen molar-refractivity contribution in [2.45, 2.75) is 13.3 Å². The highest BCUT2D eigenvalue weighted by Gasteiger charge is 2.14. The van der Waals surface area contributed by atoms with Crippen LogP contribution in [0.4, 0.5) is 11.8 Å². The molecular weight excluding hydrogens is 400 g/mol. The summed E-state index contributed by atoms with van der Waals surface area (Å²) in [5.74, 6) is 2.50. The molecule has 0 radical (unpaired) electrons. The summed E-state index contributed by atoms with van der Waals surface area (Å²) in [6, 6.07) is 3.75. The Kier molecular flexibility index (Phi) is 10.9. The Balaban J connectivity index is 0.00000420. The molecule has 0 amide bonds. The Hall–Kier alpha value is -2.49. The number of methoxy groups -OCH3 is 3. The molecule has 1 aromatic heterocycles. The van der Waals surface area contributed by atoms with E-state index in [2.05, 4.69) is 15.3 Å². The Labute approximate surface area is 177 Å². The van der Waals surface area contributed by atoms with E-state index in [1.54, 1.807) is 27.5 Å². The zero-order chi connectivity index (χ0) is 20.4. The molecule has 9 nitrogen and oxygen atoms in total. The van der Waals surface area contributed by atoms with Gasteiger partial charge in [-0.3, -0.25) is 0 Å². The normalized spacial score (nSPS) is 10.2. The van der Waals surface area contributed by atoms with Crippen LogP contribution in [0.1, 0.15) is 18.1 Å². The lowest BCUT2D eigenvalue weighted by Gasteiger charge is -2.14. The number of nitrogen functional groups attached to an aromatic ring is 1. The van der Waals surface area contributed by atoms with E-state index in [4.69, 9.17) is 29.4 Å². The monoisotopic (exact) mass is 428 g/mol. The zero-order valence-corrected chi connectivity index (χ0v) is 18.0. The molecule has 0 fully saturated rings. The number of nitrogens with zero attached hydrogens (tertiary/aromatic N) is 2. The molecule has 3 N–H and O–H groups in total. The molecule has 0 bridgehead atoms. The third-order valence-electron chi connectivity index (χ3n) is 3.93. The largest absolute Gasteiger partial charge is 0.493 e. The van der Waals surface area contributed by atoms with Crippen LogP contribution in [-0.4, -0.2) is 57.8 Å². The SMILES string of the molecule is CCOCCOCNc1ncc(Cc2cc(OC)c(OC)c(OC)c2)c(N)n1.Cl. The summed E-state index contributed by atoms with van der Waals surface area (Å²) in [6.07, 6.45) is 2.21. The van der Waals surface area contributed by atoms with Gasteiger partial charge in [0.25, 0.3) is 0 Å². The summed E-state index contributed by atoms with van der Waals surface area (Å²) in [5.41, 5.74) is 7.82. The third-order valence-corrected chi connectivity index (χ3v) is 3.93. The van der Waals surface area contributed by atoms with Crippen molar-refractivity contribution in [1.29, 1.82) is 0 Å². The van der Waals surface area contributed by atoms with Crippen molar-refractivity contribution < 1.29 is 23.7 Å². The van der Waals surface area contributed by atoms with Crippen molar-refractivity contribution >= 4 is 24.2 Å². The van der Waals surface area contributed by atoms with Crippen molar-refractivity contribution in [2.75, 3.05) is 58.9 Å². The lowest BCUT2D eigenvalue weighted by molar-refractivity contribution is 0.0602. The zero-order valence-electron chi connectivity index (χ0n) is 17.2. The summed E-state index contributed by atoms with van der Waals surface area (Å²) < 4.78 is 26.7. The van der Waals surface area contributed by atoms with Crippen LogP contribution >= 0.6 is 12.4 Å². The fourth-order valence-electron chi connectivity index (χ4n) is 2.55. The highest BCUT2D eigenvalue weighted by atomic mass is 35.5. The van der Waals surface area contributed by atoms with E-state index in [1.807, 2.05) is 19.1 Å². The lowest BCUT2D eigenvalue weighted by Crippen LogP contribution is -2.13. The average Bonchev–Trinajstić information content (AvgIpc) is 2.71. The van der Waals surface area contributed by atoms with E-state index in [0.29, 0.717) is 55.3 Å². The Morgan fingerprint density at radius 2 is 1.66 bits per heavy atom. The number of nitrogens with two attached hydrogens (primary N) is 1. The summed E-state index contributed by atoms with van der Waals surface area (Å²) in [6.45, 7) is 3.93. The van der Waals surface area contributed by atoms with E-state index in [9.17, 15) is 0 Å². The van der Waals surface area contributed by atoms with E-state index in [0.717, 1.165) is 11.1 Å². The molecule has 0 aliphatic heterocycles. The molecule has 0 unspecified atom stereocenters. The van der Waals surface area contributed by atoms with Gasteiger partial charge in [-0.05, 0) is 24.6 Å². The second kappa shape index (κ2) is 12.9. The summed E-state index contributed by atoms with van der Waals surface area (Å²) >= 11 is 0. The van der Waals surface area contributed by atoms with E-state index < -0.39 is 0 Å². The van der Waals surface area contributed by atoms with Crippen LogP contribution in [0, 0.1) is 0 Å². The van der Waals surface area contributed by atoms with Gasteiger partial charge in [-0.2, -0.15) is 4.98 Å². The lowest BCUT2D eigenvalue weighted by atomic mass is 10.1. The number of hydrogen-bond donors (Lipinski definition) is 2. The van der Waals surface area contributed by atoms with Crippen LogP contribution in [-0.2, 0) is 15.9 Å². The van der Waals surface area contributed by atoms with Crippen LogP contribution in [0.5, 0.6) is 17.2 Å². The molecule has 0 saturated carbocycles. The first kappa shape index (κ1) is 24.5. The second-order valence-electron chi connectivity index (χ2n) is 5.74. The molecular formula is C19H29ClN4O5. The number of benzene rings is 1. The predicted molar refractivity (Wildman–Crippen MR) is 114 cm³/mol. The molecule has 2 rings (SSSR count). The molecule has 1 heterocycles. The van der Waals surface area contributed by atoms with Crippen LogP contribution in [0.2, 0.25) is 0 Å². The van der Waals surface area contributed by atoms with Crippen molar-refractivity contribution in [3.05, 3.63) is 29.5 Å². The average molecular weight is 429 g/mol. The maximum atomic E-state index is 6.10. The first-order valence-corrected chi connectivity index (χ1v) is 8.92. The third kappa shape index (κ3) is 7.12. The highest BCUT2D eigenvalue weighted by molar-refractivity contribution is 5.85. The van der Waals surface area contributed by atoms with Gasteiger partial charge < -0.3 is 34.7 Å². The first-order chi connectivity index (χ1) is 13.6. The Morgan fingerprint density at radius 3 is 2.21 bits per heavy atom. The molecule has 0 atom stereocenters. The van der Waals surface area contributed by atoms with Crippen molar-refractivity contribution in [3.8, 4) is 17.2 Å². The molecule has 2 aromatic rings. The predicted octanol–water partition coefficient (Wildman–Crippen LogP) is 2.52. The molecule has 162 valence electrons. The Morgan fingerprint density at radius 1 is 1.00 bits per heavy atom. The van der Waals surface area contributed by atoms with Gasteiger partial charge >= 0.3 is 0 Å². The maximum absolute atomic E-state index is 6.10. The summed E-state index contributed by atoms with van der Waals surface area (Å²) in [7, 11) is 4.73. The minimum absolute atomic E-state index is 0. The minimum atomic E-state index is 0. The van der Waals surface area contributed by atoms with Gasteiger partial charge in [0.05, 0.1) is 34.5 Å². The van der Waals surface area contributed by atoms with Gasteiger partial charge in [-0.25, -0.2) is 4.98 Å². The smallest absolute Gasteiger partial charge is 0.226 e. The number of ether oxygens (including phenoxy) is 5. The van der Waals surface area contributed by atoms with Crippen LogP contribution < -0.4 is 25.3 Å². The molecule has 29 heavy (non-hydrogen) atoms. The number of halogens is 1. The fraction of sp³-hybridized carbons (Fsp3) is 0.474.